The van der Waals surface area contributed by atoms with Gasteiger partial charge in [-0.15, -0.1) is 0 Å². The smallest absolute Gasteiger partial charge is 0.238 e. The van der Waals surface area contributed by atoms with Crippen molar-refractivity contribution in [2.45, 2.75) is 46.2 Å². The van der Waals surface area contributed by atoms with Crippen LogP contribution >= 0.6 is 0 Å². The summed E-state index contributed by atoms with van der Waals surface area (Å²) in [6.07, 6.45) is 0. The van der Waals surface area contributed by atoms with E-state index in [1.165, 1.54) is 13.8 Å². The Morgan fingerprint density at radius 2 is 1.80 bits per heavy atom. The molecule has 0 aliphatic carbocycles. The molecule has 0 rings (SSSR count). The summed E-state index contributed by atoms with van der Waals surface area (Å²) >= 11 is 0. The average Bonchev–Trinajstić information content (AvgIpc) is 2.00. The second kappa shape index (κ2) is 4.94. The maximum atomic E-state index is 11.5. The van der Waals surface area contributed by atoms with Crippen LogP contribution in [0.1, 0.15) is 34.6 Å². The molecule has 0 aliphatic heterocycles. The number of nitrogens with one attached hydrogen (secondary N) is 2. The lowest BCUT2D eigenvalue weighted by Crippen LogP contribution is -2.51. The molecule has 0 saturated carbocycles. The Labute approximate surface area is 91.7 Å². The molecule has 0 fully saturated rings. The SMILES string of the molecule is CCS(=O)(=O)NC(C)C(=O)NC(C)(C)C. The van der Waals surface area contributed by atoms with Gasteiger partial charge in [-0.25, -0.2) is 13.1 Å². The fourth-order valence-corrected chi connectivity index (χ4v) is 1.70. The zero-order chi connectivity index (χ0) is 12.3. The molecule has 0 bridgehead atoms. The monoisotopic (exact) mass is 236 g/mol. The van der Waals surface area contributed by atoms with E-state index in [2.05, 4.69) is 10.0 Å². The Kier molecular flexibility index (Phi) is 4.73. The lowest BCUT2D eigenvalue weighted by atomic mass is 10.1. The van der Waals surface area contributed by atoms with Gasteiger partial charge in [0.2, 0.25) is 15.9 Å². The maximum absolute atomic E-state index is 11.5. The first kappa shape index (κ1) is 14.4. The number of rotatable bonds is 4. The van der Waals surface area contributed by atoms with Gasteiger partial charge in [-0.1, -0.05) is 0 Å². The van der Waals surface area contributed by atoms with Crippen LogP contribution < -0.4 is 10.0 Å². The van der Waals surface area contributed by atoms with Crippen LogP contribution in [0.5, 0.6) is 0 Å². The summed E-state index contributed by atoms with van der Waals surface area (Å²) < 4.78 is 24.7. The molecular weight excluding hydrogens is 216 g/mol. The Morgan fingerprint density at radius 3 is 2.13 bits per heavy atom. The van der Waals surface area contributed by atoms with Gasteiger partial charge in [-0.2, -0.15) is 0 Å². The van der Waals surface area contributed by atoms with Crippen LogP contribution in [0.4, 0.5) is 0 Å². The Balaban J connectivity index is 4.36. The third kappa shape index (κ3) is 6.46. The molecule has 15 heavy (non-hydrogen) atoms. The highest BCUT2D eigenvalue weighted by molar-refractivity contribution is 7.89. The van der Waals surface area contributed by atoms with Crippen molar-refractivity contribution in [1.29, 1.82) is 0 Å². The van der Waals surface area contributed by atoms with Gasteiger partial charge in [0.15, 0.2) is 0 Å². The zero-order valence-corrected chi connectivity index (χ0v) is 10.7. The topological polar surface area (TPSA) is 75.3 Å². The molecule has 5 nitrogen and oxygen atoms in total. The van der Waals surface area contributed by atoms with Crippen LogP contribution in [-0.2, 0) is 14.8 Å². The quantitative estimate of drug-likeness (QED) is 0.733. The standard InChI is InChI=1S/C9H20N2O3S/c1-6-15(13,14)11-7(2)8(12)10-9(3,4)5/h7,11H,6H2,1-5H3,(H,10,12). The molecule has 0 heterocycles. The highest BCUT2D eigenvalue weighted by Gasteiger charge is 2.22. The molecular formula is C9H20N2O3S. The van der Waals surface area contributed by atoms with Crippen molar-refractivity contribution in [3.05, 3.63) is 0 Å². The normalized spacial score (nSPS) is 14.7. The fraction of sp³-hybridized carbons (Fsp3) is 0.889. The number of amides is 1. The molecule has 0 spiro atoms. The van der Waals surface area contributed by atoms with E-state index in [0.717, 1.165) is 0 Å². The lowest BCUT2D eigenvalue weighted by Gasteiger charge is -2.23. The highest BCUT2D eigenvalue weighted by Crippen LogP contribution is 2.00. The third-order valence-electron chi connectivity index (χ3n) is 1.63. The van der Waals surface area contributed by atoms with Crippen molar-refractivity contribution >= 4 is 15.9 Å². The van der Waals surface area contributed by atoms with Crippen molar-refractivity contribution < 1.29 is 13.2 Å². The minimum Gasteiger partial charge on any atom is -0.350 e. The first-order chi connectivity index (χ1) is 6.57. The molecule has 0 aromatic carbocycles. The van der Waals surface area contributed by atoms with E-state index in [1.54, 1.807) is 0 Å². The number of carbonyl (C=O) groups is 1. The summed E-state index contributed by atoms with van der Waals surface area (Å²) in [4.78, 5) is 11.5. The average molecular weight is 236 g/mol. The third-order valence-corrected chi connectivity index (χ3v) is 3.10. The molecule has 0 aromatic heterocycles. The van der Waals surface area contributed by atoms with Gasteiger partial charge in [0, 0.05) is 5.54 Å². The second-order valence-corrected chi connectivity index (χ2v) is 6.52. The molecule has 90 valence electrons. The summed E-state index contributed by atoms with van der Waals surface area (Å²) in [6.45, 7) is 8.56. The van der Waals surface area contributed by atoms with Gasteiger partial charge in [0.25, 0.3) is 0 Å². The van der Waals surface area contributed by atoms with Gasteiger partial charge < -0.3 is 5.32 Å². The molecule has 6 heteroatoms. The van der Waals surface area contributed by atoms with E-state index >= 15 is 0 Å². The first-order valence-electron chi connectivity index (χ1n) is 4.89. The number of hydrogen-bond acceptors (Lipinski definition) is 3. The van der Waals surface area contributed by atoms with E-state index in [1.807, 2.05) is 20.8 Å². The molecule has 1 unspecified atom stereocenters. The summed E-state index contributed by atoms with van der Waals surface area (Å²) in [6, 6.07) is -0.742. The molecule has 2 N–H and O–H groups in total. The molecule has 0 aromatic rings. The van der Waals surface area contributed by atoms with Crippen LogP contribution in [-0.4, -0.2) is 31.7 Å². The van der Waals surface area contributed by atoms with Gasteiger partial charge in [-0.05, 0) is 34.6 Å². The maximum Gasteiger partial charge on any atom is 0.238 e. The summed E-state index contributed by atoms with van der Waals surface area (Å²) in [5, 5.41) is 2.70. The predicted octanol–water partition coefficient (Wildman–Crippen LogP) is 0.229. The highest BCUT2D eigenvalue weighted by atomic mass is 32.2. The van der Waals surface area contributed by atoms with Crippen molar-refractivity contribution in [1.82, 2.24) is 10.0 Å². The Hall–Kier alpha value is -0.620. The lowest BCUT2D eigenvalue weighted by molar-refractivity contribution is -0.123. The molecule has 1 amide bonds. The van der Waals surface area contributed by atoms with E-state index in [0.29, 0.717) is 0 Å². The molecule has 1 atom stereocenters. The van der Waals surface area contributed by atoms with E-state index in [9.17, 15) is 13.2 Å². The zero-order valence-electron chi connectivity index (χ0n) is 9.92. The van der Waals surface area contributed by atoms with Crippen LogP contribution in [0.3, 0.4) is 0 Å². The van der Waals surface area contributed by atoms with Crippen molar-refractivity contribution in [2.24, 2.45) is 0 Å². The van der Waals surface area contributed by atoms with Crippen LogP contribution in [0.25, 0.3) is 0 Å². The second-order valence-electron chi connectivity index (χ2n) is 4.48. The predicted molar refractivity (Wildman–Crippen MR) is 60.0 cm³/mol. The van der Waals surface area contributed by atoms with Crippen molar-refractivity contribution in [3.8, 4) is 0 Å². The van der Waals surface area contributed by atoms with E-state index in [4.69, 9.17) is 0 Å². The van der Waals surface area contributed by atoms with Crippen LogP contribution in [0.15, 0.2) is 0 Å². The number of hydrogen-bond donors (Lipinski definition) is 2. The first-order valence-corrected chi connectivity index (χ1v) is 6.54. The summed E-state index contributed by atoms with van der Waals surface area (Å²) in [5.74, 6) is -0.348. The Morgan fingerprint density at radius 1 is 1.33 bits per heavy atom. The van der Waals surface area contributed by atoms with Gasteiger partial charge in [0.1, 0.15) is 0 Å². The summed E-state index contributed by atoms with van der Waals surface area (Å²) in [7, 11) is -3.33. The van der Waals surface area contributed by atoms with Gasteiger partial charge >= 0.3 is 0 Å². The van der Waals surface area contributed by atoms with Crippen molar-refractivity contribution in [2.75, 3.05) is 5.75 Å². The van der Waals surface area contributed by atoms with Crippen LogP contribution in [0, 0.1) is 0 Å². The largest absolute Gasteiger partial charge is 0.350 e. The number of sulfonamides is 1. The Bertz CT molecular complexity index is 317. The van der Waals surface area contributed by atoms with E-state index in [-0.39, 0.29) is 17.2 Å². The number of carbonyl (C=O) groups excluding carboxylic acids is 1. The fourth-order valence-electron chi connectivity index (χ4n) is 0.884. The molecule has 0 radical (unpaired) electrons. The van der Waals surface area contributed by atoms with E-state index < -0.39 is 16.1 Å². The molecule has 0 saturated heterocycles. The van der Waals surface area contributed by atoms with Gasteiger partial charge in [0.05, 0.1) is 11.8 Å². The molecule has 0 aliphatic rings. The van der Waals surface area contributed by atoms with Crippen LogP contribution in [0.2, 0.25) is 0 Å². The van der Waals surface area contributed by atoms with Gasteiger partial charge in [-0.3, -0.25) is 4.79 Å². The minimum atomic E-state index is -3.33. The minimum absolute atomic E-state index is 0.0276. The van der Waals surface area contributed by atoms with Crippen molar-refractivity contribution in [3.63, 3.8) is 0 Å². The summed E-state index contributed by atoms with van der Waals surface area (Å²) in [5.41, 5.74) is -0.358.